The summed E-state index contributed by atoms with van der Waals surface area (Å²) in [7, 11) is 0. The van der Waals surface area contributed by atoms with Gasteiger partial charge in [0.25, 0.3) is 0 Å². The van der Waals surface area contributed by atoms with E-state index in [2.05, 4.69) is 5.32 Å². The normalized spacial score (nSPS) is 28.9. The van der Waals surface area contributed by atoms with E-state index >= 15 is 0 Å². The van der Waals surface area contributed by atoms with E-state index in [4.69, 9.17) is 26.6 Å². The van der Waals surface area contributed by atoms with Crippen LogP contribution in [-0.2, 0) is 16.1 Å². The number of nitrogens with two attached hydrogens (primary N) is 2. The molecule has 1 aromatic rings. The average Bonchev–Trinajstić information content (AvgIpc) is 2.64. The van der Waals surface area contributed by atoms with E-state index in [1.54, 1.807) is 12.1 Å². The Labute approximate surface area is 157 Å². The number of benzene rings is 1. The minimum absolute atomic E-state index is 0.0284. The van der Waals surface area contributed by atoms with Crippen molar-refractivity contribution in [2.75, 3.05) is 6.54 Å². The number of hydrogen-bond donors (Lipinski definition) is 6. The highest BCUT2D eigenvalue weighted by Crippen LogP contribution is 2.34. The summed E-state index contributed by atoms with van der Waals surface area (Å²) in [5.74, 6) is 4.84. The van der Waals surface area contributed by atoms with Crippen LogP contribution in [0, 0.1) is 5.41 Å². The number of aliphatic carboxylic acids is 1. The number of rotatable bonds is 6. The molecule has 3 rings (SSSR count). The van der Waals surface area contributed by atoms with Crippen LogP contribution in [0.2, 0.25) is 0 Å². The molecule has 1 heterocycles. The van der Waals surface area contributed by atoms with Crippen molar-refractivity contribution in [2.45, 2.75) is 56.0 Å². The van der Waals surface area contributed by atoms with Gasteiger partial charge in [0.2, 0.25) is 5.60 Å². The van der Waals surface area contributed by atoms with Crippen LogP contribution in [0.15, 0.2) is 18.2 Å². The van der Waals surface area contributed by atoms with E-state index < -0.39 is 23.3 Å². The number of carboxylic acid groups (broad SMARTS) is 1. The molecule has 27 heavy (non-hydrogen) atoms. The van der Waals surface area contributed by atoms with Crippen LogP contribution in [0.1, 0.15) is 37.3 Å². The van der Waals surface area contributed by atoms with Crippen molar-refractivity contribution in [3.05, 3.63) is 29.3 Å². The van der Waals surface area contributed by atoms with Crippen LogP contribution in [0.4, 0.5) is 0 Å². The Morgan fingerprint density at radius 3 is 2.81 bits per heavy atom. The predicted octanol–water partition coefficient (Wildman–Crippen LogP) is -0.119. The molecular formula is C18H26N4O5. The standard InChI is InChI=1S/C18H26N4O5/c1-17(27-21,16(23)24)14-5-3-10-6-11(2-4-13(10)26-14)15(20)22-12-7-18(25,8-12)9-19/h2,4,6,12,14,25H,3,5,7-9,19,21H2,1H3,(H2,20,22)(H,23,24)/t12-,14-,17+,18+/m1/s1. The Morgan fingerprint density at radius 2 is 2.22 bits per heavy atom. The van der Waals surface area contributed by atoms with E-state index in [0.717, 1.165) is 5.56 Å². The third kappa shape index (κ3) is 3.63. The molecule has 1 aliphatic carbocycles. The SMILES string of the molecule is C[C@@](ON)(C(=O)O)[C@H]1CCc2cc(C(=N)N[C@H]3C[C@](O)(CN)C3)ccc2O1. The van der Waals surface area contributed by atoms with E-state index in [1.165, 1.54) is 6.92 Å². The van der Waals surface area contributed by atoms with Gasteiger partial charge in [0.05, 0.1) is 5.60 Å². The fourth-order valence-corrected chi connectivity index (χ4v) is 3.61. The molecule has 0 saturated heterocycles. The van der Waals surface area contributed by atoms with Crippen molar-refractivity contribution in [1.29, 1.82) is 5.41 Å². The van der Waals surface area contributed by atoms with Crippen LogP contribution in [0.25, 0.3) is 0 Å². The van der Waals surface area contributed by atoms with Crippen molar-refractivity contribution in [2.24, 2.45) is 11.6 Å². The predicted molar refractivity (Wildman–Crippen MR) is 97.5 cm³/mol. The molecule has 2 atom stereocenters. The smallest absolute Gasteiger partial charge is 0.341 e. The van der Waals surface area contributed by atoms with Gasteiger partial charge in [-0.25, -0.2) is 10.7 Å². The highest BCUT2D eigenvalue weighted by molar-refractivity contribution is 5.97. The summed E-state index contributed by atoms with van der Waals surface area (Å²) in [4.78, 5) is 16.2. The second kappa shape index (κ2) is 7.08. The number of hydrogen-bond acceptors (Lipinski definition) is 7. The summed E-state index contributed by atoms with van der Waals surface area (Å²) in [6, 6.07) is 5.35. The van der Waals surface area contributed by atoms with Gasteiger partial charge in [-0.3, -0.25) is 10.2 Å². The number of nitrogens with one attached hydrogen (secondary N) is 2. The maximum absolute atomic E-state index is 11.5. The van der Waals surface area contributed by atoms with Crippen molar-refractivity contribution in [3.63, 3.8) is 0 Å². The molecule has 148 valence electrons. The van der Waals surface area contributed by atoms with Crippen molar-refractivity contribution < 1.29 is 24.6 Å². The Bertz CT molecular complexity index is 749. The van der Waals surface area contributed by atoms with Gasteiger partial charge in [-0.05, 0) is 56.4 Å². The third-order valence-corrected chi connectivity index (χ3v) is 5.56. The maximum atomic E-state index is 11.5. The first-order valence-corrected chi connectivity index (χ1v) is 8.89. The van der Waals surface area contributed by atoms with E-state index in [-0.39, 0.29) is 18.4 Å². The van der Waals surface area contributed by atoms with E-state index in [1.807, 2.05) is 6.07 Å². The lowest BCUT2D eigenvalue weighted by molar-refractivity contribution is -0.179. The molecule has 1 aliphatic heterocycles. The quantitative estimate of drug-likeness (QED) is 0.227. The lowest BCUT2D eigenvalue weighted by atomic mass is 9.75. The second-order valence-electron chi connectivity index (χ2n) is 7.55. The lowest BCUT2D eigenvalue weighted by Crippen LogP contribution is -2.58. The summed E-state index contributed by atoms with van der Waals surface area (Å²) >= 11 is 0. The average molecular weight is 378 g/mol. The Hall–Kier alpha value is -2.20. The van der Waals surface area contributed by atoms with Crippen molar-refractivity contribution in [3.8, 4) is 5.75 Å². The molecule has 1 saturated carbocycles. The van der Waals surface area contributed by atoms with Gasteiger partial charge >= 0.3 is 5.97 Å². The molecule has 9 nitrogen and oxygen atoms in total. The Morgan fingerprint density at radius 1 is 1.52 bits per heavy atom. The monoisotopic (exact) mass is 378 g/mol. The minimum atomic E-state index is -1.63. The van der Waals surface area contributed by atoms with Gasteiger partial charge in [0, 0.05) is 18.2 Å². The fraction of sp³-hybridized carbons (Fsp3) is 0.556. The molecule has 1 aromatic carbocycles. The van der Waals surface area contributed by atoms with Gasteiger partial charge in [-0.1, -0.05) is 0 Å². The zero-order valence-corrected chi connectivity index (χ0v) is 15.2. The highest BCUT2D eigenvalue weighted by Gasteiger charge is 2.46. The minimum Gasteiger partial charge on any atom is -0.486 e. The number of carbonyl (C=O) groups is 1. The van der Waals surface area contributed by atoms with Crippen molar-refractivity contribution in [1.82, 2.24) is 5.32 Å². The molecule has 0 aromatic heterocycles. The zero-order chi connectivity index (χ0) is 19.8. The summed E-state index contributed by atoms with van der Waals surface area (Å²) in [6.07, 6.45) is 1.36. The van der Waals surface area contributed by atoms with E-state index in [0.29, 0.717) is 37.0 Å². The van der Waals surface area contributed by atoms with E-state index in [9.17, 15) is 15.0 Å². The molecular weight excluding hydrogens is 352 g/mol. The first-order chi connectivity index (χ1) is 12.7. The van der Waals surface area contributed by atoms with Crippen LogP contribution < -0.4 is 21.7 Å². The number of ether oxygens (including phenoxy) is 1. The molecule has 0 bridgehead atoms. The molecule has 0 amide bonds. The first-order valence-electron chi connectivity index (χ1n) is 8.89. The highest BCUT2D eigenvalue weighted by atomic mass is 16.7. The zero-order valence-electron chi connectivity index (χ0n) is 15.2. The number of aryl methyl sites for hydroxylation is 1. The lowest BCUT2D eigenvalue weighted by Gasteiger charge is -2.43. The first kappa shape index (κ1) is 19.6. The van der Waals surface area contributed by atoms with Crippen LogP contribution >= 0.6 is 0 Å². The number of fused-ring (bicyclic) bond motifs is 1. The van der Waals surface area contributed by atoms with Gasteiger partial charge in [-0.2, -0.15) is 0 Å². The number of aliphatic hydroxyl groups is 1. The van der Waals surface area contributed by atoms with Gasteiger partial charge < -0.3 is 26.0 Å². The summed E-state index contributed by atoms with van der Waals surface area (Å²) < 4.78 is 5.82. The number of carboxylic acids is 1. The Kier molecular flexibility index (Phi) is 5.13. The van der Waals surface area contributed by atoms with Crippen LogP contribution in [-0.4, -0.2) is 51.9 Å². The topological polar surface area (TPSA) is 164 Å². The molecule has 9 heteroatoms. The maximum Gasteiger partial charge on any atom is 0.341 e. The molecule has 8 N–H and O–H groups in total. The molecule has 0 radical (unpaired) electrons. The summed E-state index contributed by atoms with van der Waals surface area (Å²) in [6.45, 7) is 1.61. The summed E-state index contributed by atoms with van der Waals surface area (Å²) in [5, 5.41) is 30.7. The second-order valence-corrected chi connectivity index (χ2v) is 7.55. The van der Waals surface area contributed by atoms with Gasteiger partial charge in [-0.15, -0.1) is 0 Å². The van der Waals surface area contributed by atoms with Gasteiger partial charge in [0.1, 0.15) is 17.7 Å². The molecule has 0 unspecified atom stereocenters. The largest absolute Gasteiger partial charge is 0.486 e. The summed E-state index contributed by atoms with van der Waals surface area (Å²) in [5.41, 5.74) is 4.67. The van der Waals surface area contributed by atoms with Crippen LogP contribution in [0.5, 0.6) is 5.75 Å². The molecule has 0 spiro atoms. The molecule has 2 aliphatic rings. The Balaban J connectivity index is 1.67. The van der Waals surface area contributed by atoms with Crippen molar-refractivity contribution >= 4 is 11.8 Å². The number of amidine groups is 1. The van der Waals surface area contributed by atoms with Gasteiger partial charge in [0.15, 0.2) is 0 Å². The molecule has 1 fully saturated rings. The fourth-order valence-electron chi connectivity index (χ4n) is 3.61. The third-order valence-electron chi connectivity index (χ3n) is 5.56. The van der Waals surface area contributed by atoms with Crippen LogP contribution in [0.3, 0.4) is 0 Å².